The third kappa shape index (κ3) is 5.23. The van der Waals surface area contributed by atoms with Crippen molar-refractivity contribution in [3.05, 3.63) is 76.5 Å². The van der Waals surface area contributed by atoms with Gasteiger partial charge in [-0.3, -0.25) is 4.79 Å². The van der Waals surface area contributed by atoms with Crippen LogP contribution in [0.5, 0.6) is 5.75 Å². The Morgan fingerprint density at radius 1 is 1.03 bits per heavy atom. The number of hydrogen-bond acceptors (Lipinski definition) is 5. The minimum absolute atomic E-state index is 0.165. The number of thiophene rings is 1. The van der Waals surface area contributed by atoms with E-state index in [2.05, 4.69) is 5.32 Å². The molecule has 1 aromatic heterocycles. The second-order valence-corrected chi connectivity index (χ2v) is 9.34. The molecular weight excluding hydrogens is 408 g/mol. The van der Waals surface area contributed by atoms with E-state index in [9.17, 15) is 13.2 Å². The fourth-order valence-corrected chi connectivity index (χ4v) is 5.09. The number of methoxy groups -OCH3 is 1. The summed E-state index contributed by atoms with van der Waals surface area (Å²) in [5.41, 5.74) is 1.33. The van der Waals surface area contributed by atoms with Crippen LogP contribution in [0.2, 0.25) is 0 Å². The van der Waals surface area contributed by atoms with Gasteiger partial charge in [0, 0.05) is 36.1 Å². The number of ether oxygens (including phenoxy) is 1. The summed E-state index contributed by atoms with van der Waals surface area (Å²) >= 11 is 1.51. The zero-order valence-electron chi connectivity index (χ0n) is 16.2. The van der Waals surface area contributed by atoms with E-state index < -0.39 is 10.0 Å². The van der Waals surface area contributed by atoms with Gasteiger partial charge in [-0.05, 0) is 41.8 Å². The number of sulfonamides is 1. The smallest absolute Gasteiger partial charge is 0.243 e. The van der Waals surface area contributed by atoms with Crippen LogP contribution in [0, 0.1) is 0 Å². The van der Waals surface area contributed by atoms with Crippen molar-refractivity contribution in [2.45, 2.75) is 24.9 Å². The van der Waals surface area contributed by atoms with E-state index in [0.29, 0.717) is 11.4 Å². The lowest BCUT2D eigenvalue weighted by Gasteiger charge is -2.23. The quantitative estimate of drug-likeness (QED) is 0.584. The number of rotatable bonds is 8. The number of hydrogen-bond donors (Lipinski definition) is 1. The molecule has 0 spiro atoms. The average Bonchev–Trinajstić information content (AvgIpc) is 3.21. The van der Waals surface area contributed by atoms with Gasteiger partial charge in [0.2, 0.25) is 15.9 Å². The van der Waals surface area contributed by atoms with E-state index in [4.69, 9.17) is 4.74 Å². The molecular formula is C21H22N2O4S2. The van der Waals surface area contributed by atoms with Crippen LogP contribution in [0.15, 0.2) is 70.9 Å². The van der Waals surface area contributed by atoms with E-state index >= 15 is 0 Å². The van der Waals surface area contributed by atoms with Crippen molar-refractivity contribution in [2.75, 3.05) is 12.4 Å². The molecule has 0 atom stereocenters. The topological polar surface area (TPSA) is 75.7 Å². The van der Waals surface area contributed by atoms with Crippen molar-refractivity contribution >= 4 is 33.0 Å². The van der Waals surface area contributed by atoms with Crippen molar-refractivity contribution < 1.29 is 17.9 Å². The highest BCUT2D eigenvalue weighted by Gasteiger charge is 2.26. The molecule has 1 N–H and O–H groups in total. The lowest BCUT2D eigenvalue weighted by Crippen LogP contribution is -2.30. The second-order valence-electron chi connectivity index (χ2n) is 6.37. The Hall–Kier alpha value is -2.68. The van der Waals surface area contributed by atoms with Crippen molar-refractivity contribution in [3.8, 4) is 5.75 Å². The summed E-state index contributed by atoms with van der Waals surface area (Å²) in [4.78, 5) is 12.3. The Kier molecular flexibility index (Phi) is 6.68. The lowest BCUT2D eigenvalue weighted by atomic mass is 10.2. The molecule has 0 saturated carbocycles. The number of benzene rings is 2. The van der Waals surface area contributed by atoms with E-state index in [1.807, 2.05) is 41.8 Å². The Bertz CT molecular complexity index is 1060. The van der Waals surface area contributed by atoms with Gasteiger partial charge in [0.15, 0.2) is 0 Å². The first-order chi connectivity index (χ1) is 13.9. The van der Waals surface area contributed by atoms with Crippen LogP contribution >= 0.6 is 11.3 Å². The largest absolute Gasteiger partial charge is 0.496 e. The maximum absolute atomic E-state index is 13.4. The van der Waals surface area contributed by atoms with Crippen LogP contribution < -0.4 is 10.1 Å². The highest BCUT2D eigenvalue weighted by Crippen LogP contribution is 2.27. The number of nitrogens with one attached hydrogen (secondary N) is 1. The predicted octanol–water partition coefficient (Wildman–Crippen LogP) is 4.11. The van der Waals surface area contributed by atoms with Gasteiger partial charge in [-0.1, -0.05) is 24.3 Å². The SMILES string of the molecule is COc1ccccc1CN(Cc1cccs1)S(=O)(=O)c1ccc(NC(C)=O)cc1. The molecule has 0 aliphatic rings. The van der Waals surface area contributed by atoms with Gasteiger partial charge >= 0.3 is 0 Å². The third-order valence-electron chi connectivity index (χ3n) is 4.26. The summed E-state index contributed by atoms with van der Waals surface area (Å²) in [6.07, 6.45) is 0. The van der Waals surface area contributed by atoms with Crippen LogP contribution in [0.1, 0.15) is 17.4 Å². The maximum atomic E-state index is 13.4. The van der Waals surface area contributed by atoms with Crippen LogP contribution in [-0.4, -0.2) is 25.7 Å². The molecule has 3 aromatic rings. The number of carbonyl (C=O) groups excluding carboxylic acids is 1. The van der Waals surface area contributed by atoms with Crippen LogP contribution in [-0.2, 0) is 27.9 Å². The normalized spacial score (nSPS) is 11.4. The maximum Gasteiger partial charge on any atom is 0.243 e. The van der Waals surface area contributed by atoms with Gasteiger partial charge in [0.05, 0.1) is 12.0 Å². The fraction of sp³-hybridized carbons (Fsp3) is 0.190. The van der Waals surface area contributed by atoms with Crippen LogP contribution in [0.3, 0.4) is 0 Å². The summed E-state index contributed by atoms with van der Waals surface area (Å²) in [6.45, 7) is 1.84. The first-order valence-corrected chi connectivity index (χ1v) is 11.2. The van der Waals surface area contributed by atoms with E-state index in [1.54, 1.807) is 19.2 Å². The molecule has 0 fully saturated rings. The first kappa shape index (κ1) is 21.0. The monoisotopic (exact) mass is 430 g/mol. The van der Waals surface area contributed by atoms with Crippen LogP contribution in [0.4, 0.5) is 5.69 Å². The molecule has 1 amide bonds. The summed E-state index contributed by atoms with van der Waals surface area (Å²) in [7, 11) is -2.21. The number of carbonyl (C=O) groups is 1. The summed E-state index contributed by atoms with van der Waals surface area (Å²) < 4.78 is 33.6. The van der Waals surface area contributed by atoms with E-state index in [0.717, 1.165) is 10.4 Å². The summed E-state index contributed by atoms with van der Waals surface area (Å²) in [5, 5.41) is 4.56. The fourth-order valence-electron chi connectivity index (χ4n) is 2.89. The molecule has 0 bridgehead atoms. The minimum Gasteiger partial charge on any atom is -0.496 e. The lowest BCUT2D eigenvalue weighted by molar-refractivity contribution is -0.114. The van der Waals surface area contributed by atoms with Crippen molar-refractivity contribution in [1.82, 2.24) is 4.31 Å². The zero-order chi connectivity index (χ0) is 20.9. The minimum atomic E-state index is -3.77. The highest BCUT2D eigenvalue weighted by molar-refractivity contribution is 7.89. The number of anilines is 1. The Balaban J connectivity index is 1.94. The summed E-state index contributed by atoms with van der Waals surface area (Å²) in [5.74, 6) is 0.427. The molecule has 8 heteroatoms. The Labute approximate surface area is 174 Å². The zero-order valence-corrected chi connectivity index (χ0v) is 17.8. The van der Waals surface area contributed by atoms with Crippen molar-refractivity contribution in [3.63, 3.8) is 0 Å². The van der Waals surface area contributed by atoms with Gasteiger partial charge in [-0.2, -0.15) is 4.31 Å². The Morgan fingerprint density at radius 3 is 2.38 bits per heavy atom. The molecule has 1 heterocycles. The molecule has 29 heavy (non-hydrogen) atoms. The van der Waals surface area contributed by atoms with Crippen molar-refractivity contribution in [2.24, 2.45) is 0 Å². The van der Waals surface area contributed by atoms with E-state index in [1.165, 1.54) is 34.7 Å². The molecule has 3 rings (SSSR count). The standard InChI is InChI=1S/C21H22N2O4S2/c1-16(24)22-18-9-11-20(12-10-18)29(25,26)23(15-19-7-5-13-28-19)14-17-6-3-4-8-21(17)27-2/h3-13H,14-15H2,1-2H3,(H,22,24). The van der Waals surface area contributed by atoms with E-state index in [-0.39, 0.29) is 23.9 Å². The van der Waals surface area contributed by atoms with Gasteiger partial charge in [0.25, 0.3) is 0 Å². The summed E-state index contributed by atoms with van der Waals surface area (Å²) in [6, 6.07) is 17.4. The molecule has 0 unspecified atom stereocenters. The van der Waals surface area contributed by atoms with Gasteiger partial charge in [0.1, 0.15) is 5.75 Å². The second kappa shape index (κ2) is 9.21. The molecule has 0 aliphatic heterocycles. The molecule has 6 nitrogen and oxygen atoms in total. The molecule has 0 radical (unpaired) electrons. The van der Waals surface area contributed by atoms with Gasteiger partial charge in [-0.15, -0.1) is 11.3 Å². The molecule has 0 aliphatic carbocycles. The van der Waals surface area contributed by atoms with Gasteiger partial charge < -0.3 is 10.1 Å². The number of nitrogens with zero attached hydrogens (tertiary/aromatic N) is 1. The third-order valence-corrected chi connectivity index (χ3v) is 6.93. The van der Waals surface area contributed by atoms with Crippen molar-refractivity contribution in [1.29, 1.82) is 0 Å². The molecule has 152 valence electrons. The number of para-hydroxylation sites is 1. The number of amides is 1. The van der Waals surface area contributed by atoms with Gasteiger partial charge in [-0.25, -0.2) is 8.42 Å². The Morgan fingerprint density at radius 2 is 1.76 bits per heavy atom. The predicted molar refractivity (Wildman–Crippen MR) is 114 cm³/mol. The first-order valence-electron chi connectivity index (χ1n) is 8.92. The molecule has 0 saturated heterocycles. The average molecular weight is 431 g/mol. The highest BCUT2D eigenvalue weighted by atomic mass is 32.2. The molecule has 2 aromatic carbocycles. The van der Waals surface area contributed by atoms with Crippen LogP contribution in [0.25, 0.3) is 0 Å².